The van der Waals surface area contributed by atoms with E-state index in [2.05, 4.69) is 26.7 Å². The number of allylic oxidation sites excluding steroid dienone is 1. The Labute approximate surface area is 371 Å². The molecule has 0 spiro atoms. The van der Waals surface area contributed by atoms with E-state index in [1.54, 1.807) is 61.9 Å². The first-order valence-corrected chi connectivity index (χ1v) is 21.4. The number of alkyl halides is 3. The average molecular weight is 886 g/mol. The number of nitriles is 1. The number of amides is 4. The number of piperidine rings is 1. The number of rotatable bonds is 7. The largest absolute Gasteiger partial charge is 0.417 e. The van der Waals surface area contributed by atoms with Gasteiger partial charge in [0.2, 0.25) is 17.8 Å². The normalized spacial score (nSPS) is 20.1. The fraction of sp³-hybridized carbons (Fsp3) is 0.333. The third-order valence-electron chi connectivity index (χ3n) is 13.7. The van der Waals surface area contributed by atoms with Crippen molar-refractivity contribution in [1.29, 1.82) is 5.26 Å². The highest BCUT2D eigenvalue weighted by molar-refractivity contribution is 6.28. The van der Waals surface area contributed by atoms with Crippen LogP contribution in [0.2, 0.25) is 0 Å². The summed E-state index contributed by atoms with van der Waals surface area (Å²) in [5.74, 6) is -1.57. The summed E-state index contributed by atoms with van der Waals surface area (Å²) in [6.45, 7) is 12.7. The molecule has 0 radical (unpaired) electrons. The number of carbonyl (C=O) groups is 4. The molecule has 17 heteroatoms. The summed E-state index contributed by atoms with van der Waals surface area (Å²) in [6, 6.07) is 18.1. The molecule has 0 bridgehead atoms. The molecule has 65 heavy (non-hydrogen) atoms. The fourth-order valence-corrected chi connectivity index (χ4v) is 10.1. The molecule has 332 valence electrons. The first-order valence-electron chi connectivity index (χ1n) is 21.4. The Hall–Kier alpha value is -7.06. The predicted molar refractivity (Wildman–Crippen MR) is 234 cm³/mol. The van der Waals surface area contributed by atoms with Crippen molar-refractivity contribution in [2.75, 3.05) is 60.5 Å². The van der Waals surface area contributed by atoms with Crippen LogP contribution in [0.5, 0.6) is 0 Å². The van der Waals surface area contributed by atoms with Crippen molar-refractivity contribution in [2.45, 2.75) is 44.3 Å². The fourth-order valence-electron chi connectivity index (χ4n) is 10.1. The number of fused-ring (bicyclic) bond motifs is 4. The smallest absolute Gasteiger partial charge is 0.369 e. The molecule has 4 amide bonds. The van der Waals surface area contributed by atoms with Crippen molar-refractivity contribution in [1.82, 2.24) is 24.7 Å². The second kappa shape index (κ2) is 15.0. The standard InChI is InChI=1S/C48H43F4N9O4/c1-26-5-12-37(43(62)54-26)61-44(63)40-33-10-9-30(21-38(33)56(4)41(40)45(61)64)58-17-15-57(16-18-58)23-27-24-59(25-27)39-14-11-32(42(49)55-39)28-7-13-36-35(19-28)47(2,3)46(65)60(36)31-8-6-29(22-53)34(20-31)48(50,51)52/h6-11,13-14,19-21,27,37H,1,5,12,15-18,23-25H2,2-4H3,(H,54,62). The van der Waals surface area contributed by atoms with Gasteiger partial charge in [0, 0.05) is 86.8 Å². The first-order chi connectivity index (χ1) is 30.9. The van der Waals surface area contributed by atoms with Crippen LogP contribution in [0.1, 0.15) is 64.2 Å². The van der Waals surface area contributed by atoms with Crippen LogP contribution in [0.15, 0.2) is 79.0 Å². The lowest BCUT2D eigenvalue weighted by Crippen LogP contribution is -2.55. The molecule has 0 aliphatic carbocycles. The van der Waals surface area contributed by atoms with E-state index in [0.717, 1.165) is 61.0 Å². The number of benzene rings is 3. The number of carbonyl (C=O) groups excluding carboxylic acids is 4. The van der Waals surface area contributed by atoms with Gasteiger partial charge in [-0.05, 0) is 98.5 Å². The van der Waals surface area contributed by atoms with E-state index < -0.39 is 58.3 Å². The summed E-state index contributed by atoms with van der Waals surface area (Å²) in [4.78, 5) is 67.0. The highest BCUT2D eigenvalue weighted by atomic mass is 19.4. The topological polar surface area (TPSA) is 138 Å². The summed E-state index contributed by atoms with van der Waals surface area (Å²) in [5.41, 5.74) is 1.74. The highest BCUT2D eigenvalue weighted by Crippen LogP contribution is 2.48. The van der Waals surface area contributed by atoms with E-state index >= 15 is 4.39 Å². The van der Waals surface area contributed by atoms with Crippen molar-refractivity contribution >= 4 is 57.4 Å². The minimum absolute atomic E-state index is 0.0209. The Morgan fingerprint density at radius 3 is 2.34 bits per heavy atom. The maximum absolute atomic E-state index is 15.8. The van der Waals surface area contributed by atoms with Gasteiger partial charge >= 0.3 is 6.18 Å². The van der Waals surface area contributed by atoms with Gasteiger partial charge in [-0.15, -0.1) is 0 Å². The second-order valence-electron chi connectivity index (χ2n) is 18.0. The van der Waals surface area contributed by atoms with Crippen molar-refractivity contribution in [2.24, 2.45) is 13.0 Å². The van der Waals surface area contributed by atoms with E-state index in [4.69, 9.17) is 0 Å². The molecule has 3 aromatic carbocycles. The Kier molecular flexibility index (Phi) is 9.68. The van der Waals surface area contributed by atoms with Gasteiger partial charge in [0.1, 0.15) is 17.6 Å². The lowest BCUT2D eigenvalue weighted by molar-refractivity contribution is -0.137. The van der Waals surface area contributed by atoms with Crippen LogP contribution < -0.4 is 20.0 Å². The Morgan fingerprint density at radius 2 is 1.65 bits per heavy atom. The quantitative estimate of drug-likeness (QED) is 0.105. The van der Waals surface area contributed by atoms with E-state index in [0.29, 0.717) is 76.8 Å². The SMILES string of the molecule is C=C1CCC(N2C(=O)c3c(n(C)c4cc(N5CCN(CC6CN(c7ccc(-c8ccc9c(c8)C(C)(C)C(=O)N9c8ccc(C#N)c(C(F)(F)F)c8)c(F)n7)C6)CC5)ccc34)C2=O)C(=O)N1. The molecule has 5 aromatic rings. The van der Waals surface area contributed by atoms with Crippen molar-refractivity contribution < 1.29 is 36.7 Å². The highest BCUT2D eigenvalue weighted by Gasteiger charge is 2.48. The van der Waals surface area contributed by atoms with Crippen LogP contribution in [-0.4, -0.2) is 94.8 Å². The molecule has 5 aliphatic heterocycles. The summed E-state index contributed by atoms with van der Waals surface area (Å²) in [6.07, 6.45) is -3.96. The van der Waals surface area contributed by atoms with E-state index in [1.807, 2.05) is 23.1 Å². The molecule has 10 rings (SSSR count). The van der Waals surface area contributed by atoms with Crippen LogP contribution in [-0.2, 0) is 28.2 Å². The van der Waals surface area contributed by atoms with Crippen LogP contribution in [0.4, 0.5) is 40.4 Å². The maximum Gasteiger partial charge on any atom is 0.417 e. The maximum atomic E-state index is 15.8. The number of nitrogens with zero attached hydrogens (tertiary/aromatic N) is 8. The lowest BCUT2D eigenvalue weighted by Gasteiger charge is -2.44. The monoisotopic (exact) mass is 885 g/mol. The van der Waals surface area contributed by atoms with Gasteiger partial charge in [0.05, 0.1) is 39.4 Å². The van der Waals surface area contributed by atoms with E-state index in [1.165, 1.54) is 11.0 Å². The molecule has 0 saturated carbocycles. The van der Waals surface area contributed by atoms with E-state index in [9.17, 15) is 37.6 Å². The molecule has 5 aliphatic rings. The molecule has 3 saturated heterocycles. The van der Waals surface area contributed by atoms with Crippen molar-refractivity contribution in [3.63, 3.8) is 0 Å². The molecule has 3 fully saturated rings. The number of hydrogen-bond donors (Lipinski definition) is 1. The molecule has 13 nitrogen and oxygen atoms in total. The van der Waals surface area contributed by atoms with Gasteiger partial charge in [-0.25, -0.2) is 4.98 Å². The summed E-state index contributed by atoms with van der Waals surface area (Å²) < 4.78 is 59.0. The number of imide groups is 1. The number of aryl methyl sites for hydroxylation is 1. The van der Waals surface area contributed by atoms with Gasteiger partial charge in [-0.3, -0.25) is 33.9 Å². The molecule has 2 aromatic heterocycles. The van der Waals surface area contributed by atoms with Crippen molar-refractivity contribution in [3.05, 3.63) is 113 Å². The average Bonchev–Trinajstić information content (AvgIpc) is 3.78. The second-order valence-corrected chi connectivity index (χ2v) is 18.0. The summed E-state index contributed by atoms with van der Waals surface area (Å²) in [5, 5.41) is 12.6. The number of anilines is 4. The first kappa shape index (κ1) is 41.9. The number of hydrogen-bond acceptors (Lipinski definition) is 9. The molecular formula is C48H43F4N9O4. The molecule has 7 heterocycles. The zero-order valence-corrected chi connectivity index (χ0v) is 35.8. The lowest BCUT2D eigenvalue weighted by atomic mass is 9.85. The number of halogens is 4. The predicted octanol–water partition coefficient (Wildman–Crippen LogP) is 6.87. The zero-order valence-electron chi connectivity index (χ0n) is 35.8. The Bertz CT molecular complexity index is 2960. The van der Waals surface area contributed by atoms with Gasteiger partial charge in [-0.2, -0.15) is 22.8 Å². The third kappa shape index (κ3) is 6.72. The van der Waals surface area contributed by atoms with Crippen LogP contribution in [0.25, 0.3) is 22.0 Å². The summed E-state index contributed by atoms with van der Waals surface area (Å²) in [7, 11) is 1.78. The van der Waals surface area contributed by atoms with Crippen LogP contribution in [0.3, 0.4) is 0 Å². The molecule has 1 unspecified atom stereocenters. The van der Waals surface area contributed by atoms with Crippen LogP contribution >= 0.6 is 0 Å². The zero-order chi connectivity index (χ0) is 45.9. The minimum atomic E-state index is -4.80. The van der Waals surface area contributed by atoms with Gasteiger partial charge in [0.25, 0.3) is 11.8 Å². The van der Waals surface area contributed by atoms with Gasteiger partial charge in [-0.1, -0.05) is 12.6 Å². The van der Waals surface area contributed by atoms with E-state index in [-0.39, 0.29) is 11.3 Å². The number of nitrogens with one attached hydrogen (secondary N) is 1. The number of aromatic nitrogens is 2. The van der Waals surface area contributed by atoms with Crippen LogP contribution in [0, 0.1) is 23.2 Å². The number of piperazine rings is 1. The van der Waals surface area contributed by atoms with Crippen molar-refractivity contribution in [3.8, 4) is 17.2 Å². The van der Waals surface area contributed by atoms with Gasteiger partial charge in [0.15, 0.2) is 0 Å². The Morgan fingerprint density at radius 1 is 0.908 bits per heavy atom. The number of pyridine rings is 1. The van der Waals surface area contributed by atoms with Gasteiger partial charge < -0.3 is 19.7 Å². The molecule has 1 atom stereocenters. The Balaban J connectivity index is 0.760. The summed E-state index contributed by atoms with van der Waals surface area (Å²) >= 11 is 0. The third-order valence-corrected chi connectivity index (χ3v) is 13.7. The minimum Gasteiger partial charge on any atom is -0.369 e. The molecule has 1 N–H and O–H groups in total. The molecular weight excluding hydrogens is 843 g/mol.